The summed E-state index contributed by atoms with van der Waals surface area (Å²) in [7, 11) is 0. The van der Waals surface area contributed by atoms with Crippen molar-refractivity contribution >= 4 is 65.2 Å². The molecule has 0 fully saturated rings. The zero-order valence-electron chi connectivity index (χ0n) is 31.5. The molecule has 0 saturated heterocycles. The van der Waals surface area contributed by atoms with Crippen molar-refractivity contribution in [1.29, 1.82) is 0 Å². The fourth-order valence-corrected chi connectivity index (χ4v) is 10.0. The first kappa shape index (κ1) is 31.5. The molecule has 268 valence electrons. The Balaban J connectivity index is 1.04. The molecule has 12 aromatic rings. The predicted molar refractivity (Wildman–Crippen MR) is 245 cm³/mol. The lowest BCUT2D eigenvalue weighted by Gasteiger charge is -2.11. The van der Waals surface area contributed by atoms with Crippen LogP contribution in [0.2, 0.25) is 0 Å². The number of fused-ring (bicyclic) bond motifs is 10. The number of benzene rings is 10. The number of rotatable bonds is 4. The fourth-order valence-electron chi connectivity index (χ4n) is 10.0. The molecular formula is C56H34N2. The summed E-state index contributed by atoms with van der Waals surface area (Å²) in [6.07, 6.45) is 0. The van der Waals surface area contributed by atoms with E-state index in [0.29, 0.717) is 0 Å². The minimum absolute atomic E-state index is 1.16. The summed E-state index contributed by atoms with van der Waals surface area (Å²) in [6, 6.07) is 76.3. The number of aromatic nitrogens is 2. The minimum Gasteiger partial charge on any atom is -0.309 e. The van der Waals surface area contributed by atoms with E-state index in [1.54, 1.807) is 0 Å². The average molecular weight is 735 g/mol. The van der Waals surface area contributed by atoms with E-state index in [2.05, 4.69) is 215 Å². The third kappa shape index (κ3) is 4.43. The zero-order chi connectivity index (χ0) is 37.9. The molecule has 0 atom stereocenters. The van der Waals surface area contributed by atoms with Gasteiger partial charge in [-0.2, -0.15) is 0 Å². The molecule has 10 aromatic carbocycles. The van der Waals surface area contributed by atoms with Gasteiger partial charge in [-0.3, -0.25) is 0 Å². The molecule has 0 N–H and O–H groups in total. The number of hydrogen-bond donors (Lipinski definition) is 0. The lowest BCUT2D eigenvalue weighted by Crippen LogP contribution is -1.94. The van der Waals surface area contributed by atoms with Crippen LogP contribution in [0.3, 0.4) is 0 Å². The highest BCUT2D eigenvalue weighted by atomic mass is 15.0. The molecule has 0 amide bonds. The SMILES string of the molecule is c1ccc(-n2c3ccccc3c3cc(-c4ccc5c(c4)c4cc(-c6ccc7c8c(cccc68)-c6ccccc6-7)ccc4n5-c4ccc5ccccc5c4)ccc32)cc1. The van der Waals surface area contributed by atoms with Crippen LogP contribution in [0.5, 0.6) is 0 Å². The van der Waals surface area contributed by atoms with Crippen LogP contribution in [0.1, 0.15) is 0 Å². The van der Waals surface area contributed by atoms with Gasteiger partial charge in [-0.05, 0) is 133 Å². The van der Waals surface area contributed by atoms with Crippen molar-refractivity contribution in [3.8, 4) is 55.9 Å². The largest absolute Gasteiger partial charge is 0.309 e. The van der Waals surface area contributed by atoms with E-state index >= 15 is 0 Å². The van der Waals surface area contributed by atoms with Crippen LogP contribution in [0.25, 0.3) is 121 Å². The smallest absolute Gasteiger partial charge is 0.0541 e. The van der Waals surface area contributed by atoms with E-state index in [-0.39, 0.29) is 0 Å². The molecule has 0 spiro atoms. The Morgan fingerprint density at radius 1 is 0.241 bits per heavy atom. The van der Waals surface area contributed by atoms with Crippen molar-refractivity contribution in [3.05, 3.63) is 206 Å². The van der Waals surface area contributed by atoms with Crippen LogP contribution < -0.4 is 0 Å². The van der Waals surface area contributed by atoms with E-state index in [4.69, 9.17) is 0 Å². The number of nitrogens with zero attached hydrogens (tertiary/aromatic N) is 2. The molecule has 0 bridgehead atoms. The van der Waals surface area contributed by atoms with Gasteiger partial charge in [0, 0.05) is 32.9 Å². The Bertz CT molecular complexity index is 3650. The maximum atomic E-state index is 2.45. The molecule has 58 heavy (non-hydrogen) atoms. The van der Waals surface area contributed by atoms with Crippen molar-refractivity contribution in [3.63, 3.8) is 0 Å². The molecule has 0 saturated carbocycles. The van der Waals surface area contributed by atoms with Crippen LogP contribution >= 0.6 is 0 Å². The summed E-state index contributed by atoms with van der Waals surface area (Å²) < 4.78 is 4.83. The van der Waals surface area contributed by atoms with Gasteiger partial charge >= 0.3 is 0 Å². The summed E-state index contributed by atoms with van der Waals surface area (Å²) in [6.45, 7) is 0. The van der Waals surface area contributed by atoms with Crippen molar-refractivity contribution in [1.82, 2.24) is 9.13 Å². The van der Waals surface area contributed by atoms with Crippen LogP contribution in [-0.4, -0.2) is 9.13 Å². The monoisotopic (exact) mass is 734 g/mol. The molecule has 13 rings (SSSR count). The lowest BCUT2D eigenvalue weighted by atomic mass is 9.93. The first-order valence-corrected chi connectivity index (χ1v) is 20.1. The van der Waals surface area contributed by atoms with E-state index in [0.717, 1.165) is 5.69 Å². The van der Waals surface area contributed by atoms with Gasteiger partial charge < -0.3 is 9.13 Å². The van der Waals surface area contributed by atoms with Crippen LogP contribution in [0.4, 0.5) is 0 Å². The Labute approximate surface area is 335 Å². The fraction of sp³-hybridized carbons (Fsp3) is 0. The average Bonchev–Trinajstić information content (AvgIpc) is 3.92. The second kappa shape index (κ2) is 11.9. The normalized spacial score (nSPS) is 12.1. The molecule has 0 radical (unpaired) electrons. The third-order valence-corrected chi connectivity index (χ3v) is 12.6. The maximum Gasteiger partial charge on any atom is 0.0541 e. The van der Waals surface area contributed by atoms with E-state index in [1.807, 2.05) is 0 Å². The molecule has 1 aliphatic carbocycles. The second-order valence-electron chi connectivity index (χ2n) is 15.7. The van der Waals surface area contributed by atoms with E-state index < -0.39 is 0 Å². The molecule has 0 aliphatic heterocycles. The summed E-state index contributed by atoms with van der Waals surface area (Å²) in [4.78, 5) is 0. The quantitative estimate of drug-likeness (QED) is 0.170. The standard InChI is InChI=1S/C56H34N2/c1-2-13-40(14-3-1)57-52-20-9-8-17-45(52)49-32-37(22-28-53(49)57)38-23-29-54-50(33-38)51-34-39(24-30-55(51)58(54)41-25-21-35-11-4-5-12-36(35)31-41)42-26-27-48-44-16-7-6-15-43(44)47-19-10-18-46(42)56(47)48/h1-34H. The molecule has 2 aromatic heterocycles. The van der Waals surface area contributed by atoms with Gasteiger partial charge in [0.25, 0.3) is 0 Å². The summed E-state index contributed by atoms with van der Waals surface area (Å²) >= 11 is 0. The molecule has 2 heteroatoms. The molecule has 0 unspecified atom stereocenters. The van der Waals surface area contributed by atoms with Gasteiger partial charge in [-0.1, -0.05) is 140 Å². The topological polar surface area (TPSA) is 9.86 Å². The van der Waals surface area contributed by atoms with Crippen molar-refractivity contribution in [2.75, 3.05) is 0 Å². The third-order valence-electron chi connectivity index (χ3n) is 12.6. The van der Waals surface area contributed by atoms with Gasteiger partial charge in [0.15, 0.2) is 0 Å². The lowest BCUT2D eigenvalue weighted by molar-refractivity contribution is 1.18. The zero-order valence-corrected chi connectivity index (χ0v) is 31.5. The Morgan fingerprint density at radius 2 is 0.759 bits per heavy atom. The van der Waals surface area contributed by atoms with Crippen molar-refractivity contribution in [2.24, 2.45) is 0 Å². The summed E-state index contributed by atoms with van der Waals surface area (Å²) in [5, 5.41) is 10.1. The molecule has 2 heterocycles. The number of hydrogen-bond acceptors (Lipinski definition) is 0. The van der Waals surface area contributed by atoms with E-state index in [9.17, 15) is 0 Å². The van der Waals surface area contributed by atoms with Crippen molar-refractivity contribution < 1.29 is 0 Å². The predicted octanol–water partition coefficient (Wildman–Crippen LogP) is 15.2. The van der Waals surface area contributed by atoms with E-state index in [1.165, 1.54) is 115 Å². The highest BCUT2D eigenvalue weighted by Crippen LogP contribution is 2.49. The summed E-state index contributed by atoms with van der Waals surface area (Å²) in [5.74, 6) is 0. The van der Waals surface area contributed by atoms with Gasteiger partial charge in [0.05, 0.1) is 22.1 Å². The maximum absolute atomic E-state index is 2.45. The van der Waals surface area contributed by atoms with Crippen LogP contribution in [0.15, 0.2) is 206 Å². The minimum atomic E-state index is 1.16. The van der Waals surface area contributed by atoms with Gasteiger partial charge in [-0.25, -0.2) is 0 Å². The summed E-state index contributed by atoms with van der Waals surface area (Å²) in [5.41, 5.74) is 17.4. The van der Waals surface area contributed by atoms with Gasteiger partial charge in [0.1, 0.15) is 0 Å². The molecule has 2 nitrogen and oxygen atoms in total. The molecule has 1 aliphatic rings. The Kier molecular flexibility index (Phi) is 6.47. The highest BCUT2D eigenvalue weighted by molar-refractivity contribution is 6.20. The van der Waals surface area contributed by atoms with Crippen molar-refractivity contribution in [2.45, 2.75) is 0 Å². The second-order valence-corrected chi connectivity index (χ2v) is 15.7. The molecular weight excluding hydrogens is 701 g/mol. The van der Waals surface area contributed by atoms with Crippen LogP contribution in [0, 0.1) is 0 Å². The van der Waals surface area contributed by atoms with Gasteiger partial charge in [-0.15, -0.1) is 0 Å². The Hall–Kier alpha value is -7.68. The first-order valence-electron chi connectivity index (χ1n) is 20.1. The number of para-hydroxylation sites is 2. The van der Waals surface area contributed by atoms with Gasteiger partial charge in [0.2, 0.25) is 0 Å². The first-order chi connectivity index (χ1) is 28.8. The van der Waals surface area contributed by atoms with Crippen LogP contribution in [-0.2, 0) is 0 Å². The highest BCUT2D eigenvalue weighted by Gasteiger charge is 2.23. The Morgan fingerprint density at radius 3 is 1.52 bits per heavy atom.